The molecule has 3 aromatic rings. The van der Waals surface area contributed by atoms with E-state index in [9.17, 15) is 9.90 Å². The van der Waals surface area contributed by atoms with Gasteiger partial charge < -0.3 is 5.11 Å². The summed E-state index contributed by atoms with van der Waals surface area (Å²) in [7, 11) is 0. The number of rotatable bonds is 4. The molecule has 1 amide bonds. The van der Waals surface area contributed by atoms with Crippen LogP contribution in [0.4, 0.5) is 0 Å². The number of amides is 1. The van der Waals surface area contributed by atoms with E-state index in [0.29, 0.717) is 15.7 Å². The van der Waals surface area contributed by atoms with E-state index in [-0.39, 0.29) is 11.4 Å². The molecule has 3 N–H and O–H groups in total. The number of aromatic nitrogens is 2. The van der Waals surface area contributed by atoms with Crippen molar-refractivity contribution in [3.8, 4) is 17.0 Å². The van der Waals surface area contributed by atoms with Gasteiger partial charge in [0.05, 0.1) is 16.4 Å². The standard InChI is InChI=1S/C17H12Br2N4O2/c18-12-6-11(16(24)13(19)7-12)9-20-23-17(25)15-8-14(21-22-15)10-4-2-1-3-5-10/h1-9,24H,(H,21,22)(H,23,25)/b20-9+. The Labute approximate surface area is 160 Å². The fourth-order valence-electron chi connectivity index (χ4n) is 2.10. The number of halogens is 2. The van der Waals surface area contributed by atoms with Crippen LogP contribution in [0.5, 0.6) is 5.75 Å². The number of hydrogen-bond acceptors (Lipinski definition) is 4. The highest BCUT2D eigenvalue weighted by atomic mass is 79.9. The van der Waals surface area contributed by atoms with Crippen LogP contribution < -0.4 is 5.43 Å². The first-order valence-corrected chi connectivity index (χ1v) is 8.75. The maximum Gasteiger partial charge on any atom is 0.289 e. The Kier molecular flexibility index (Phi) is 5.30. The molecule has 0 unspecified atom stereocenters. The lowest BCUT2D eigenvalue weighted by Crippen LogP contribution is -2.18. The lowest BCUT2D eigenvalue weighted by atomic mass is 10.1. The lowest BCUT2D eigenvalue weighted by Gasteiger charge is -2.02. The van der Waals surface area contributed by atoms with Crippen LogP contribution in [0.15, 0.2) is 62.6 Å². The van der Waals surface area contributed by atoms with Crippen molar-refractivity contribution in [1.29, 1.82) is 0 Å². The molecule has 1 heterocycles. The highest BCUT2D eigenvalue weighted by Gasteiger charge is 2.10. The number of nitrogens with zero attached hydrogens (tertiary/aromatic N) is 2. The van der Waals surface area contributed by atoms with Crippen LogP contribution in [0.3, 0.4) is 0 Å². The molecule has 0 atom stereocenters. The molecule has 0 bridgehead atoms. The molecule has 126 valence electrons. The fraction of sp³-hybridized carbons (Fsp3) is 0. The minimum absolute atomic E-state index is 0.0362. The molecule has 0 saturated heterocycles. The summed E-state index contributed by atoms with van der Waals surface area (Å²) in [6, 6.07) is 14.6. The Hall–Kier alpha value is -2.45. The number of benzene rings is 2. The van der Waals surface area contributed by atoms with Crippen molar-refractivity contribution >= 4 is 44.0 Å². The Balaban J connectivity index is 1.70. The molecular formula is C17H12Br2N4O2. The fourth-order valence-corrected chi connectivity index (χ4v) is 3.36. The summed E-state index contributed by atoms with van der Waals surface area (Å²) in [5, 5.41) is 20.6. The van der Waals surface area contributed by atoms with Crippen LogP contribution in [-0.4, -0.2) is 27.4 Å². The van der Waals surface area contributed by atoms with E-state index in [0.717, 1.165) is 10.0 Å². The third-order valence-electron chi connectivity index (χ3n) is 3.32. The zero-order valence-corrected chi connectivity index (χ0v) is 15.9. The highest BCUT2D eigenvalue weighted by Crippen LogP contribution is 2.30. The summed E-state index contributed by atoms with van der Waals surface area (Å²) in [5.74, 6) is -0.395. The maximum absolute atomic E-state index is 12.1. The summed E-state index contributed by atoms with van der Waals surface area (Å²) in [6.45, 7) is 0. The van der Waals surface area contributed by atoms with Crippen molar-refractivity contribution in [3.05, 3.63) is 68.7 Å². The average Bonchev–Trinajstić information content (AvgIpc) is 3.10. The SMILES string of the molecule is O=C(N/N=C/c1cc(Br)cc(Br)c1O)c1cc(-c2ccccc2)n[nH]1. The van der Waals surface area contributed by atoms with Crippen molar-refractivity contribution in [1.82, 2.24) is 15.6 Å². The van der Waals surface area contributed by atoms with E-state index in [1.165, 1.54) is 6.21 Å². The number of carbonyl (C=O) groups is 1. The number of phenolic OH excluding ortho intramolecular Hbond substituents is 1. The highest BCUT2D eigenvalue weighted by molar-refractivity contribution is 9.11. The van der Waals surface area contributed by atoms with Crippen molar-refractivity contribution < 1.29 is 9.90 Å². The Morgan fingerprint density at radius 1 is 1.20 bits per heavy atom. The van der Waals surface area contributed by atoms with Gasteiger partial charge in [0.15, 0.2) is 0 Å². The number of H-pyrrole nitrogens is 1. The van der Waals surface area contributed by atoms with E-state index in [4.69, 9.17) is 0 Å². The van der Waals surface area contributed by atoms with Gasteiger partial charge in [0.2, 0.25) is 0 Å². The second kappa shape index (κ2) is 7.62. The molecule has 0 aliphatic rings. The van der Waals surface area contributed by atoms with Crippen LogP contribution in [0, 0.1) is 0 Å². The number of aromatic hydroxyl groups is 1. The van der Waals surface area contributed by atoms with Crippen molar-refractivity contribution in [2.24, 2.45) is 5.10 Å². The van der Waals surface area contributed by atoms with Gasteiger partial charge in [-0.25, -0.2) is 5.43 Å². The Bertz CT molecular complexity index is 939. The topological polar surface area (TPSA) is 90.4 Å². The molecule has 6 nitrogen and oxygen atoms in total. The summed E-state index contributed by atoms with van der Waals surface area (Å²) in [4.78, 5) is 12.1. The summed E-state index contributed by atoms with van der Waals surface area (Å²) < 4.78 is 1.29. The summed E-state index contributed by atoms with van der Waals surface area (Å²) >= 11 is 6.56. The van der Waals surface area contributed by atoms with Crippen molar-refractivity contribution in [2.75, 3.05) is 0 Å². The first kappa shape index (κ1) is 17.4. The average molecular weight is 464 g/mol. The van der Waals surface area contributed by atoms with Crippen LogP contribution in [0.25, 0.3) is 11.3 Å². The summed E-state index contributed by atoms with van der Waals surface area (Å²) in [5.41, 5.74) is 4.72. The third-order valence-corrected chi connectivity index (χ3v) is 4.38. The number of phenols is 1. The Morgan fingerprint density at radius 2 is 1.96 bits per heavy atom. The molecule has 25 heavy (non-hydrogen) atoms. The minimum atomic E-state index is -0.431. The number of hydrazone groups is 1. The van der Waals surface area contributed by atoms with E-state index in [1.54, 1.807) is 18.2 Å². The quantitative estimate of drug-likeness (QED) is 0.402. The smallest absolute Gasteiger partial charge is 0.289 e. The van der Waals surface area contributed by atoms with E-state index >= 15 is 0 Å². The van der Waals surface area contributed by atoms with Gasteiger partial charge in [0.25, 0.3) is 5.91 Å². The molecule has 0 aliphatic carbocycles. The van der Waals surface area contributed by atoms with Gasteiger partial charge in [-0.1, -0.05) is 46.3 Å². The van der Waals surface area contributed by atoms with Crippen LogP contribution in [0.2, 0.25) is 0 Å². The zero-order valence-electron chi connectivity index (χ0n) is 12.7. The molecular weight excluding hydrogens is 452 g/mol. The number of aromatic amines is 1. The number of hydrogen-bond donors (Lipinski definition) is 3. The molecule has 0 saturated carbocycles. The monoisotopic (exact) mass is 462 g/mol. The van der Waals surface area contributed by atoms with Crippen molar-refractivity contribution in [2.45, 2.75) is 0 Å². The second-order valence-corrected chi connectivity index (χ2v) is 6.83. The predicted octanol–water partition coefficient (Wildman–Crippen LogP) is 4.07. The number of carbonyl (C=O) groups excluding carboxylic acids is 1. The van der Waals surface area contributed by atoms with Gasteiger partial charge in [0, 0.05) is 15.6 Å². The molecule has 0 spiro atoms. The first-order chi connectivity index (χ1) is 12.0. The molecule has 2 aromatic carbocycles. The van der Waals surface area contributed by atoms with Gasteiger partial charge in [-0.15, -0.1) is 0 Å². The van der Waals surface area contributed by atoms with Crippen LogP contribution in [-0.2, 0) is 0 Å². The summed E-state index contributed by atoms with van der Waals surface area (Å²) in [6.07, 6.45) is 1.36. The zero-order chi connectivity index (χ0) is 17.8. The largest absolute Gasteiger partial charge is 0.506 e. The van der Waals surface area contributed by atoms with E-state index in [1.807, 2.05) is 30.3 Å². The number of nitrogens with one attached hydrogen (secondary N) is 2. The van der Waals surface area contributed by atoms with Crippen LogP contribution in [0.1, 0.15) is 16.1 Å². The minimum Gasteiger partial charge on any atom is -0.506 e. The second-order valence-electron chi connectivity index (χ2n) is 5.06. The maximum atomic E-state index is 12.1. The van der Waals surface area contributed by atoms with Gasteiger partial charge in [-0.05, 0) is 34.1 Å². The van der Waals surface area contributed by atoms with Gasteiger partial charge in [-0.3, -0.25) is 9.89 Å². The van der Waals surface area contributed by atoms with E-state index < -0.39 is 5.91 Å². The van der Waals surface area contributed by atoms with Crippen LogP contribution >= 0.6 is 31.9 Å². The Morgan fingerprint density at radius 3 is 2.72 bits per heavy atom. The van der Waals surface area contributed by atoms with Crippen molar-refractivity contribution in [3.63, 3.8) is 0 Å². The predicted molar refractivity (Wildman–Crippen MR) is 103 cm³/mol. The lowest BCUT2D eigenvalue weighted by molar-refractivity contribution is 0.0950. The first-order valence-electron chi connectivity index (χ1n) is 7.17. The normalized spacial score (nSPS) is 11.0. The molecule has 0 fully saturated rings. The van der Waals surface area contributed by atoms with Gasteiger partial charge in [0.1, 0.15) is 11.4 Å². The van der Waals surface area contributed by atoms with Gasteiger partial charge in [-0.2, -0.15) is 10.2 Å². The van der Waals surface area contributed by atoms with E-state index in [2.05, 4.69) is 52.6 Å². The molecule has 1 aromatic heterocycles. The molecule has 8 heteroatoms. The third kappa shape index (κ3) is 4.15. The molecule has 0 aliphatic heterocycles. The molecule has 3 rings (SSSR count). The van der Waals surface area contributed by atoms with Gasteiger partial charge >= 0.3 is 0 Å². The molecule has 0 radical (unpaired) electrons.